The van der Waals surface area contributed by atoms with Gasteiger partial charge in [0.05, 0.1) is 5.02 Å². The third-order valence-electron chi connectivity index (χ3n) is 4.65. The van der Waals surface area contributed by atoms with Crippen LogP contribution < -0.4 is 10.1 Å². The molecule has 3 aromatic carbocycles. The summed E-state index contributed by atoms with van der Waals surface area (Å²) in [6.45, 7) is 1.61. The molecule has 0 spiro atoms. The monoisotopic (exact) mass is 448 g/mol. The number of hydrogen-bond donors (Lipinski definition) is 2. The van der Waals surface area contributed by atoms with Gasteiger partial charge in [-0.3, -0.25) is 4.79 Å². The topological polar surface area (TPSA) is 102 Å². The number of aromatic nitrogens is 1. The van der Waals surface area contributed by atoms with Crippen molar-refractivity contribution in [2.75, 3.05) is 5.32 Å². The average molecular weight is 449 g/mol. The minimum absolute atomic E-state index is 0.0373. The summed E-state index contributed by atoms with van der Waals surface area (Å²) in [5, 5.41) is 17.4. The number of aryl methyl sites for hydroxylation is 1. The summed E-state index contributed by atoms with van der Waals surface area (Å²) in [6, 6.07) is 19.6. The van der Waals surface area contributed by atoms with Crippen LogP contribution in [0.25, 0.3) is 11.3 Å². The van der Waals surface area contributed by atoms with E-state index in [1.165, 1.54) is 18.2 Å². The maximum absolute atomic E-state index is 12.9. The van der Waals surface area contributed by atoms with Gasteiger partial charge in [-0.05, 0) is 37.3 Å². The van der Waals surface area contributed by atoms with Crippen molar-refractivity contribution in [3.63, 3.8) is 0 Å². The first-order chi connectivity index (χ1) is 15.4. The van der Waals surface area contributed by atoms with Gasteiger partial charge in [-0.25, -0.2) is 4.79 Å². The Morgan fingerprint density at radius 1 is 1.03 bits per heavy atom. The molecule has 0 radical (unpaired) electrons. The van der Waals surface area contributed by atoms with E-state index in [1.807, 2.05) is 0 Å². The standard InChI is InChI=1S/C24H17ClN2O5/c1-14-21(22(27-32-14)17-9-5-6-10-19(17)25)23(29)26-15-11-12-18(20(28)13-15)24(30)31-16-7-3-2-4-8-16/h2-13,28H,1H3,(H,26,29). The highest BCUT2D eigenvalue weighted by Crippen LogP contribution is 2.32. The molecule has 1 amide bonds. The lowest BCUT2D eigenvalue weighted by Crippen LogP contribution is -2.14. The molecule has 0 aliphatic rings. The van der Waals surface area contributed by atoms with Gasteiger partial charge < -0.3 is 19.7 Å². The molecule has 7 nitrogen and oxygen atoms in total. The third kappa shape index (κ3) is 4.33. The number of carbonyl (C=O) groups excluding carboxylic acids is 2. The Hall–Kier alpha value is -4.10. The number of benzene rings is 3. The van der Waals surface area contributed by atoms with Crippen LogP contribution in [0.1, 0.15) is 26.5 Å². The molecule has 0 unspecified atom stereocenters. The fourth-order valence-electron chi connectivity index (χ4n) is 3.10. The Bertz CT molecular complexity index is 1300. The maximum Gasteiger partial charge on any atom is 0.347 e. The molecule has 0 fully saturated rings. The van der Waals surface area contributed by atoms with E-state index < -0.39 is 11.9 Å². The molecule has 2 N–H and O–H groups in total. The zero-order valence-corrected chi connectivity index (χ0v) is 17.6. The van der Waals surface area contributed by atoms with E-state index in [-0.39, 0.29) is 22.6 Å². The molecule has 0 bridgehead atoms. The van der Waals surface area contributed by atoms with Crippen LogP contribution in [0.3, 0.4) is 0 Å². The number of nitrogens with zero attached hydrogens (tertiary/aromatic N) is 1. The Kier molecular flexibility index (Phi) is 5.91. The summed E-state index contributed by atoms with van der Waals surface area (Å²) in [4.78, 5) is 25.3. The number of para-hydroxylation sites is 1. The summed E-state index contributed by atoms with van der Waals surface area (Å²) >= 11 is 6.24. The first-order valence-corrected chi connectivity index (χ1v) is 9.94. The quantitative estimate of drug-likeness (QED) is 0.309. The highest BCUT2D eigenvalue weighted by Gasteiger charge is 2.23. The van der Waals surface area contributed by atoms with E-state index in [9.17, 15) is 14.7 Å². The number of hydrogen-bond acceptors (Lipinski definition) is 6. The van der Waals surface area contributed by atoms with E-state index in [2.05, 4.69) is 10.5 Å². The molecule has 0 saturated heterocycles. The fourth-order valence-corrected chi connectivity index (χ4v) is 3.33. The van der Waals surface area contributed by atoms with Crippen LogP contribution in [0.5, 0.6) is 11.5 Å². The van der Waals surface area contributed by atoms with Crippen molar-refractivity contribution >= 4 is 29.2 Å². The molecule has 1 aromatic heterocycles. The Balaban J connectivity index is 1.55. The van der Waals surface area contributed by atoms with Gasteiger partial charge in [0.25, 0.3) is 5.91 Å². The SMILES string of the molecule is Cc1onc(-c2ccccc2Cl)c1C(=O)Nc1ccc(C(=O)Oc2ccccc2)c(O)c1. The number of rotatable bonds is 5. The number of anilines is 1. The molecule has 0 saturated carbocycles. The van der Waals surface area contributed by atoms with Crippen molar-refractivity contribution in [3.8, 4) is 22.8 Å². The minimum atomic E-state index is -0.720. The molecule has 8 heteroatoms. The van der Waals surface area contributed by atoms with Crippen molar-refractivity contribution in [1.82, 2.24) is 5.16 Å². The van der Waals surface area contributed by atoms with Gasteiger partial charge in [-0.1, -0.05) is 53.2 Å². The van der Waals surface area contributed by atoms with Crippen molar-refractivity contribution < 1.29 is 24.0 Å². The lowest BCUT2D eigenvalue weighted by molar-refractivity contribution is 0.0731. The minimum Gasteiger partial charge on any atom is -0.507 e. The number of carbonyl (C=O) groups is 2. The van der Waals surface area contributed by atoms with Crippen molar-refractivity contribution in [1.29, 1.82) is 0 Å². The number of phenols is 1. The van der Waals surface area contributed by atoms with E-state index >= 15 is 0 Å². The number of aromatic hydroxyl groups is 1. The van der Waals surface area contributed by atoms with E-state index in [4.69, 9.17) is 20.9 Å². The van der Waals surface area contributed by atoms with Gasteiger partial charge in [0.15, 0.2) is 0 Å². The second-order valence-corrected chi connectivity index (χ2v) is 7.24. The van der Waals surface area contributed by atoms with Gasteiger partial charge in [-0.15, -0.1) is 0 Å². The molecule has 1 heterocycles. The second kappa shape index (κ2) is 8.95. The van der Waals surface area contributed by atoms with Crippen LogP contribution in [-0.4, -0.2) is 22.1 Å². The highest BCUT2D eigenvalue weighted by atomic mass is 35.5. The van der Waals surface area contributed by atoms with E-state index in [1.54, 1.807) is 61.5 Å². The predicted molar refractivity (Wildman–Crippen MR) is 119 cm³/mol. The van der Waals surface area contributed by atoms with Crippen LogP contribution >= 0.6 is 11.6 Å². The van der Waals surface area contributed by atoms with Gasteiger partial charge in [0, 0.05) is 17.3 Å². The summed E-state index contributed by atoms with van der Waals surface area (Å²) < 4.78 is 10.4. The number of esters is 1. The van der Waals surface area contributed by atoms with Crippen LogP contribution in [0, 0.1) is 6.92 Å². The zero-order valence-electron chi connectivity index (χ0n) is 16.8. The van der Waals surface area contributed by atoms with Crippen molar-refractivity contribution in [2.45, 2.75) is 6.92 Å². The van der Waals surface area contributed by atoms with Gasteiger partial charge in [-0.2, -0.15) is 0 Å². The lowest BCUT2D eigenvalue weighted by atomic mass is 10.1. The van der Waals surface area contributed by atoms with Crippen molar-refractivity contribution in [2.24, 2.45) is 0 Å². The highest BCUT2D eigenvalue weighted by molar-refractivity contribution is 6.33. The van der Waals surface area contributed by atoms with Gasteiger partial charge in [0.2, 0.25) is 0 Å². The number of halogens is 1. The van der Waals surface area contributed by atoms with Gasteiger partial charge in [0.1, 0.15) is 34.1 Å². The van der Waals surface area contributed by atoms with Crippen LogP contribution in [0.2, 0.25) is 5.02 Å². The van der Waals surface area contributed by atoms with Crippen molar-refractivity contribution in [3.05, 3.63) is 94.7 Å². The Morgan fingerprint density at radius 3 is 2.47 bits per heavy atom. The molecule has 32 heavy (non-hydrogen) atoms. The predicted octanol–water partition coefficient (Wildman–Crippen LogP) is 5.48. The van der Waals surface area contributed by atoms with Gasteiger partial charge >= 0.3 is 5.97 Å². The number of ether oxygens (including phenoxy) is 1. The van der Waals surface area contributed by atoms with Crippen LogP contribution in [0.4, 0.5) is 5.69 Å². The van der Waals surface area contributed by atoms with Crippen LogP contribution in [0.15, 0.2) is 77.3 Å². The maximum atomic E-state index is 12.9. The normalized spacial score (nSPS) is 10.6. The molecule has 4 rings (SSSR count). The second-order valence-electron chi connectivity index (χ2n) is 6.83. The van der Waals surface area contributed by atoms with Crippen LogP contribution in [-0.2, 0) is 0 Å². The summed E-state index contributed by atoms with van der Waals surface area (Å²) in [6.07, 6.45) is 0. The summed E-state index contributed by atoms with van der Waals surface area (Å²) in [5.74, 6) is -0.897. The lowest BCUT2D eigenvalue weighted by Gasteiger charge is -2.09. The van der Waals surface area contributed by atoms with E-state index in [0.717, 1.165) is 0 Å². The zero-order chi connectivity index (χ0) is 22.7. The third-order valence-corrected chi connectivity index (χ3v) is 4.98. The average Bonchev–Trinajstić information content (AvgIpc) is 3.16. The molecule has 0 atom stereocenters. The summed E-state index contributed by atoms with van der Waals surface area (Å²) in [5.41, 5.74) is 1.31. The molecule has 0 aliphatic carbocycles. The Labute approximate surface area is 188 Å². The van der Waals surface area contributed by atoms with E-state index in [0.29, 0.717) is 27.8 Å². The first-order valence-electron chi connectivity index (χ1n) is 9.57. The Morgan fingerprint density at radius 2 is 1.75 bits per heavy atom. The molecular weight excluding hydrogens is 432 g/mol. The number of phenolic OH excluding ortho intramolecular Hbond substituents is 1. The smallest absolute Gasteiger partial charge is 0.347 e. The number of nitrogens with one attached hydrogen (secondary N) is 1. The molecule has 0 aliphatic heterocycles. The summed E-state index contributed by atoms with van der Waals surface area (Å²) in [7, 11) is 0. The fraction of sp³-hybridized carbons (Fsp3) is 0.0417. The largest absolute Gasteiger partial charge is 0.507 e. The molecular formula is C24H17ClN2O5. The first kappa shape index (κ1) is 21.1. The molecule has 4 aromatic rings. The number of amides is 1. The molecule has 160 valence electrons.